The molecule has 0 bridgehead atoms. The van der Waals surface area contributed by atoms with Crippen LogP contribution < -0.4 is 22.5 Å². The zero-order chi connectivity index (χ0) is 45.8. The molecule has 9 N–H and O–H groups in total. The molecule has 2 aromatic carbocycles. The van der Waals surface area contributed by atoms with Gasteiger partial charge in [-0.1, -0.05) is 23.7 Å². The summed E-state index contributed by atoms with van der Waals surface area (Å²) in [6.07, 6.45) is 8.05. The number of pyridine rings is 4. The zero-order valence-corrected chi connectivity index (χ0v) is 37.7. The van der Waals surface area contributed by atoms with Gasteiger partial charge in [0.05, 0.1) is 11.0 Å². The molecule has 0 fully saturated rings. The minimum absolute atomic E-state index is 0.391. The molecular weight excluding hydrogens is 836 g/mol. The Balaban J connectivity index is 0.000000150. The van der Waals surface area contributed by atoms with Crippen LogP contribution in [-0.4, -0.2) is 59.8 Å². The van der Waals surface area contributed by atoms with E-state index in [1.807, 2.05) is 71.3 Å². The Labute approximate surface area is 380 Å². The van der Waals surface area contributed by atoms with Crippen molar-refractivity contribution in [3.05, 3.63) is 158 Å². The number of aryl methyl sites for hydroxylation is 6. The lowest BCUT2D eigenvalue weighted by Gasteiger charge is -2.12. The molecular formula is C48H49ClN16. The summed E-state index contributed by atoms with van der Waals surface area (Å²) in [5.41, 5.74) is 32.4. The number of rotatable bonds is 8. The second-order valence-electron chi connectivity index (χ2n) is 16.0. The molecule has 65 heavy (non-hydrogen) atoms. The molecule has 8 heterocycles. The molecule has 0 saturated heterocycles. The molecule has 0 aliphatic rings. The highest BCUT2D eigenvalue weighted by Crippen LogP contribution is 2.24. The van der Waals surface area contributed by atoms with E-state index in [1.54, 1.807) is 0 Å². The van der Waals surface area contributed by atoms with Gasteiger partial charge >= 0.3 is 0 Å². The largest absolute Gasteiger partial charge is 0.384 e. The molecule has 0 unspecified atom stereocenters. The van der Waals surface area contributed by atoms with Crippen molar-refractivity contribution < 1.29 is 0 Å². The maximum atomic E-state index is 6.04. The van der Waals surface area contributed by atoms with Crippen molar-refractivity contribution in [2.45, 2.75) is 67.5 Å². The van der Waals surface area contributed by atoms with Crippen LogP contribution in [-0.2, 0) is 25.9 Å². The summed E-state index contributed by atoms with van der Waals surface area (Å²) in [5, 5.41) is 6.05. The molecule has 0 amide bonds. The lowest BCUT2D eigenvalue weighted by molar-refractivity contribution is 0.990. The normalized spacial score (nSPS) is 11.1. The fraction of sp³-hybridized carbons (Fsp3) is 0.208. The molecule has 10 rings (SSSR count). The van der Waals surface area contributed by atoms with E-state index >= 15 is 0 Å². The van der Waals surface area contributed by atoms with Crippen molar-refractivity contribution in [3.8, 4) is 0 Å². The summed E-state index contributed by atoms with van der Waals surface area (Å²) in [4.78, 5) is 49.9. The molecule has 0 atom stereocenters. The van der Waals surface area contributed by atoms with Gasteiger partial charge in [0, 0.05) is 60.5 Å². The number of hydrogen-bond acceptors (Lipinski definition) is 14. The number of nitrogens with two attached hydrogens (primary N) is 3. The Morgan fingerprint density at radius 3 is 1.60 bits per heavy atom. The quantitative estimate of drug-likeness (QED) is 0.0787. The number of nitrogens with one attached hydrogen (secondary N) is 3. The van der Waals surface area contributed by atoms with E-state index in [2.05, 4.69) is 108 Å². The number of hydrogen-bond donors (Lipinski definition) is 6. The maximum absolute atomic E-state index is 6.04. The Morgan fingerprint density at radius 2 is 1.08 bits per heavy atom. The van der Waals surface area contributed by atoms with E-state index in [1.165, 1.54) is 12.7 Å². The number of nitrogens with zero attached hydrogens (tertiary/aromatic N) is 10. The van der Waals surface area contributed by atoms with E-state index in [0.29, 0.717) is 65.3 Å². The molecule has 0 spiro atoms. The molecule has 328 valence electrons. The third-order valence-electron chi connectivity index (χ3n) is 10.9. The van der Waals surface area contributed by atoms with Gasteiger partial charge in [-0.25, -0.2) is 39.9 Å². The van der Waals surface area contributed by atoms with Crippen LogP contribution in [0, 0.1) is 41.5 Å². The maximum Gasteiger partial charge on any atom is 0.183 e. The summed E-state index contributed by atoms with van der Waals surface area (Å²) in [6, 6.07) is 20.5. The van der Waals surface area contributed by atoms with Crippen LogP contribution in [0.5, 0.6) is 0 Å². The SMILES string of the molecule is Cc1cc(N)nc(C)c1CN.Cc1cnc2ccc(Cc3nc4ncnc(Cl)c4[nH]3)cc2c1.Cc1cnc2ccc(Cc3nc4ncnc(NCc5c(C)cc(N)nc5C)c4[nH]3)cc2c1. The van der Waals surface area contributed by atoms with Crippen molar-refractivity contribution in [2.24, 2.45) is 5.73 Å². The smallest absolute Gasteiger partial charge is 0.183 e. The predicted octanol–water partition coefficient (Wildman–Crippen LogP) is 8.20. The minimum Gasteiger partial charge on any atom is -0.384 e. The number of nitrogen functional groups attached to an aromatic ring is 2. The summed E-state index contributed by atoms with van der Waals surface area (Å²) < 4.78 is 0. The van der Waals surface area contributed by atoms with Crippen LogP contribution in [0.1, 0.15) is 67.5 Å². The van der Waals surface area contributed by atoms with Gasteiger partial charge in [-0.2, -0.15) is 0 Å². The molecule has 0 radical (unpaired) electrons. The molecule has 0 aliphatic heterocycles. The lowest BCUT2D eigenvalue weighted by Crippen LogP contribution is -2.08. The third kappa shape index (κ3) is 10.2. The monoisotopic (exact) mass is 884 g/mol. The van der Waals surface area contributed by atoms with Crippen molar-refractivity contribution in [2.75, 3.05) is 16.8 Å². The first-order chi connectivity index (χ1) is 31.3. The van der Waals surface area contributed by atoms with Crippen molar-refractivity contribution in [1.29, 1.82) is 0 Å². The summed E-state index contributed by atoms with van der Waals surface area (Å²) in [7, 11) is 0. The van der Waals surface area contributed by atoms with E-state index in [0.717, 1.165) is 94.9 Å². The Kier molecular flexibility index (Phi) is 12.8. The number of benzene rings is 2. The number of aromatic amines is 2. The second kappa shape index (κ2) is 19.0. The topological polar surface area (TPSA) is 251 Å². The van der Waals surface area contributed by atoms with Gasteiger partial charge in [0.15, 0.2) is 22.3 Å². The number of fused-ring (bicyclic) bond motifs is 4. The highest BCUT2D eigenvalue weighted by molar-refractivity contribution is 6.33. The summed E-state index contributed by atoms with van der Waals surface area (Å²) in [5.74, 6) is 3.47. The molecule has 16 nitrogen and oxygen atoms in total. The van der Waals surface area contributed by atoms with Gasteiger partial charge in [0.25, 0.3) is 0 Å². The number of imidazole rings is 2. The highest BCUT2D eigenvalue weighted by atomic mass is 35.5. The number of H-pyrrole nitrogens is 2. The Hall–Kier alpha value is -7.69. The van der Waals surface area contributed by atoms with E-state index in [9.17, 15) is 0 Å². The van der Waals surface area contributed by atoms with Crippen LogP contribution in [0.15, 0.2) is 85.7 Å². The third-order valence-corrected chi connectivity index (χ3v) is 11.2. The second-order valence-corrected chi connectivity index (χ2v) is 16.4. The van der Waals surface area contributed by atoms with E-state index in [-0.39, 0.29) is 0 Å². The van der Waals surface area contributed by atoms with Gasteiger partial charge in [-0.05, 0) is 135 Å². The van der Waals surface area contributed by atoms with Gasteiger partial charge in [-0.15, -0.1) is 0 Å². The summed E-state index contributed by atoms with van der Waals surface area (Å²) >= 11 is 6.04. The number of anilines is 3. The molecule has 0 aliphatic carbocycles. The Bertz CT molecular complexity index is 3300. The van der Waals surface area contributed by atoms with Gasteiger partial charge in [-0.3, -0.25) is 9.97 Å². The van der Waals surface area contributed by atoms with Crippen molar-refractivity contribution >= 4 is 73.2 Å². The van der Waals surface area contributed by atoms with Crippen LogP contribution in [0.4, 0.5) is 17.5 Å². The minimum atomic E-state index is 0.391. The molecule has 8 aromatic heterocycles. The first-order valence-electron chi connectivity index (χ1n) is 20.9. The average molecular weight is 885 g/mol. The first kappa shape index (κ1) is 43.9. The van der Waals surface area contributed by atoms with E-state index < -0.39 is 0 Å². The van der Waals surface area contributed by atoms with Gasteiger partial charge in [0.1, 0.15) is 47.0 Å². The lowest BCUT2D eigenvalue weighted by atomic mass is 10.1. The van der Waals surface area contributed by atoms with E-state index in [4.69, 9.17) is 28.8 Å². The van der Waals surface area contributed by atoms with Crippen LogP contribution >= 0.6 is 11.6 Å². The standard InChI is InChI=1S/C24H24N8.C16H12ClN5.C8H13N3/c1-13-6-17-8-16(4-5-19(17)26-10-13)9-21-31-22-23(28-12-29-24(22)32-21)27-11-18-14(2)7-20(25)30-15(18)3;1-9-4-11-5-10(2-3-12(11)18-7-9)6-13-21-14-15(17)19-8-20-16(14)22-13;1-5-3-8(10)11-6(2)7(5)4-9/h4-8,10,12H,9,11H2,1-3H3,(H2,25,30)(H2,27,28,29,31,32);2-5,7-8H,6H2,1H3,(H,19,20,21,22);3H,4,9H2,1-2H3,(H2,10,11). The first-order valence-corrected chi connectivity index (χ1v) is 21.3. The number of halogens is 1. The fourth-order valence-corrected chi connectivity index (χ4v) is 7.91. The van der Waals surface area contributed by atoms with Crippen LogP contribution in [0.25, 0.3) is 44.1 Å². The van der Waals surface area contributed by atoms with Crippen LogP contribution in [0.2, 0.25) is 5.15 Å². The van der Waals surface area contributed by atoms with Gasteiger partial charge in [0.2, 0.25) is 0 Å². The predicted molar refractivity (Wildman–Crippen MR) is 258 cm³/mol. The number of aromatic nitrogens is 12. The van der Waals surface area contributed by atoms with Crippen molar-refractivity contribution in [3.63, 3.8) is 0 Å². The molecule has 17 heteroatoms. The molecule has 10 aromatic rings. The Morgan fingerprint density at radius 1 is 0.569 bits per heavy atom. The highest BCUT2D eigenvalue weighted by Gasteiger charge is 2.13. The summed E-state index contributed by atoms with van der Waals surface area (Å²) in [6.45, 7) is 13.1. The van der Waals surface area contributed by atoms with Crippen molar-refractivity contribution in [1.82, 2.24) is 59.8 Å². The fourth-order valence-electron chi connectivity index (χ4n) is 7.74. The average Bonchev–Trinajstić information content (AvgIpc) is 3.88. The van der Waals surface area contributed by atoms with Crippen LogP contribution in [0.3, 0.4) is 0 Å². The molecule has 0 saturated carbocycles. The van der Waals surface area contributed by atoms with Gasteiger partial charge < -0.3 is 32.5 Å². The zero-order valence-electron chi connectivity index (χ0n) is 37.0.